The van der Waals surface area contributed by atoms with Gasteiger partial charge >= 0.3 is 0 Å². The Kier molecular flexibility index (Phi) is 6.81. The minimum absolute atomic E-state index is 0.0272. The number of ether oxygens (including phenoxy) is 1. The molecule has 30 heavy (non-hydrogen) atoms. The van der Waals surface area contributed by atoms with Gasteiger partial charge in [0.1, 0.15) is 11.8 Å². The van der Waals surface area contributed by atoms with E-state index in [9.17, 15) is 9.90 Å². The first-order valence-corrected chi connectivity index (χ1v) is 10.8. The van der Waals surface area contributed by atoms with Crippen molar-refractivity contribution in [1.29, 1.82) is 0 Å². The Bertz CT molecular complexity index is 894. The number of aromatic nitrogens is 2. The molecule has 1 fully saturated rings. The molecule has 0 bridgehead atoms. The van der Waals surface area contributed by atoms with Crippen LogP contribution in [0.2, 0.25) is 0 Å². The molecule has 0 aliphatic carbocycles. The largest absolute Gasteiger partial charge is 0.497 e. The minimum Gasteiger partial charge on any atom is -0.497 e. The lowest BCUT2D eigenvalue weighted by molar-refractivity contribution is -0.122. The molecule has 7 heteroatoms. The Labute approximate surface area is 178 Å². The third-order valence-corrected chi connectivity index (χ3v) is 5.71. The lowest BCUT2D eigenvalue weighted by Crippen LogP contribution is -2.47. The van der Waals surface area contributed by atoms with Crippen LogP contribution in [0.4, 0.5) is 5.95 Å². The van der Waals surface area contributed by atoms with Crippen LogP contribution in [0.15, 0.2) is 18.2 Å². The van der Waals surface area contributed by atoms with Crippen LogP contribution in [0, 0.1) is 6.92 Å². The number of carbonyl (C=O) groups is 1. The van der Waals surface area contributed by atoms with Crippen LogP contribution in [0.25, 0.3) is 10.9 Å². The van der Waals surface area contributed by atoms with Crippen LogP contribution >= 0.6 is 0 Å². The van der Waals surface area contributed by atoms with E-state index in [0.29, 0.717) is 5.95 Å². The van der Waals surface area contributed by atoms with Crippen molar-refractivity contribution in [3.05, 3.63) is 23.9 Å². The number of methoxy groups -OCH3 is 1. The lowest BCUT2D eigenvalue weighted by atomic mass is 9.99. The number of nitrogens with one attached hydrogen (secondary N) is 1. The van der Waals surface area contributed by atoms with E-state index in [4.69, 9.17) is 14.7 Å². The van der Waals surface area contributed by atoms with E-state index in [1.54, 1.807) is 7.11 Å². The summed E-state index contributed by atoms with van der Waals surface area (Å²) in [4.78, 5) is 24.4. The number of rotatable bonds is 8. The summed E-state index contributed by atoms with van der Waals surface area (Å²) in [5, 5.41) is 14.0. The Hall–Kier alpha value is -2.41. The highest BCUT2D eigenvalue weighted by molar-refractivity contribution is 5.87. The average Bonchev–Trinajstić information content (AvgIpc) is 3.16. The second kappa shape index (κ2) is 9.16. The summed E-state index contributed by atoms with van der Waals surface area (Å²) in [6, 6.07) is 5.58. The van der Waals surface area contributed by atoms with Gasteiger partial charge in [-0.3, -0.25) is 4.79 Å². The van der Waals surface area contributed by atoms with Crippen LogP contribution in [0.5, 0.6) is 5.75 Å². The van der Waals surface area contributed by atoms with E-state index in [0.717, 1.165) is 61.0 Å². The quantitative estimate of drug-likeness (QED) is 0.689. The predicted molar refractivity (Wildman–Crippen MR) is 119 cm³/mol. The molecule has 7 nitrogen and oxygen atoms in total. The Morgan fingerprint density at radius 2 is 2.17 bits per heavy atom. The van der Waals surface area contributed by atoms with E-state index in [-0.39, 0.29) is 18.0 Å². The highest BCUT2D eigenvalue weighted by Gasteiger charge is 2.33. The van der Waals surface area contributed by atoms with Crippen molar-refractivity contribution in [2.45, 2.75) is 77.5 Å². The number of amides is 1. The molecule has 2 N–H and O–H groups in total. The van der Waals surface area contributed by atoms with Crippen LogP contribution in [-0.2, 0) is 4.79 Å². The fraction of sp³-hybridized carbons (Fsp3) is 0.609. The van der Waals surface area contributed by atoms with Crippen LogP contribution in [0.1, 0.15) is 58.6 Å². The van der Waals surface area contributed by atoms with Crippen molar-refractivity contribution < 1.29 is 14.6 Å². The van der Waals surface area contributed by atoms with Gasteiger partial charge in [0.2, 0.25) is 11.9 Å². The molecule has 2 aromatic rings. The zero-order chi connectivity index (χ0) is 21.9. The molecule has 0 radical (unpaired) electrons. The monoisotopic (exact) mass is 414 g/mol. The molecule has 1 aliphatic rings. The Morgan fingerprint density at radius 3 is 2.87 bits per heavy atom. The second-order valence-electron chi connectivity index (χ2n) is 8.96. The molecule has 0 saturated carbocycles. The number of nitrogens with zero attached hydrogens (tertiary/aromatic N) is 3. The summed E-state index contributed by atoms with van der Waals surface area (Å²) in [5.41, 5.74) is 1.06. The Balaban J connectivity index is 1.70. The maximum absolute atomic E-state index is 13.0. The molecule has 0 unspecified atom stereocenters. The average molecular weight is 415 g/mol. The molecule has 164 valence electrons. The van der Waals surface area contributed by atoms with E-state index < -0.39 is 5.60 Å². The van der Waals surface area contributed by atoms with Crippen molar-refractivity contribution in [3.8, 4) is 5.75 Å². The van der Waals surface area contributed by atoms with Gasteiger partial charge in [-0.05, 0) is 78.0 Å². The van der Waals surface area contributed by atoms with Gasteiger partial charge in [-0.1, -0.05) is 0 Å². The molecular formula is C23H34N4O3. The lowest BCUT2D eigenvalue weighted by Gasteiger charge is -2.26. The molecule has 1 amide bonds. The molecule has 1 aromatic carbocycles. The molecule has 3 rings (SSSR count). The third kappa shape index (κ3) is 5.39. The smallest absolute Gasteiger partial charge is 0.243 e. The highest BCUT2D eigenvalue weighted by atomic mass is 16.5. The first-order valence-electron chi connectivity index (χ1n) is 10.8. The summed E-state index contributed by atoms with van der Waals surface area (Å²) < 4.78 is 5.31. The topological polar surface area (TPSA) is 87.6 Å². The molecule has 1 aromatic heterocycles. The van der Waals surface area contributed by atoms with Gasteiger partial charge in [0.25, 0.3) is 0 Å². The molecule has 2 heterocycles. The van der Waals surface area contributed by atoms with Crippen molar-refractivity contribution in [1.82, 2.24) is 15.3 Å². The number of hydrogen-bond acceptors (Lipinski definition) is 6. The van der Waals surface area contributed by atoms with Gasteiger partial charge in [0, 0.05) is 18.0 Å². The van der Waals surface area contributed by atoms with E-state index in [1.165, 1.54) is 0 Å². The second-order valence-corrected chi connectivity index (χ2v) is 8.96. The van der Waals surface area contributed by atoms with Crippen LogP contribution in [-0.4, -0.2) is 52.3 Å². The van der Waals surface area contributed by atoms with Gasteiger partial charge in [0.15, 0.2) is 0 Å². The fourth-order valence-electron chi connectivity index (χ4n) is 4.03. The summed E-state index contributed by atoms with van der Waals surface area (Å²) in [7, 11) is 1.64. The fourth-order valence-corrected chi connectivity index (χ4v) is 4.03. The Morgan fingerprint density at radius 1 is 1.40 bits per heavy atom. The minimum atomic E-state index is -0.665. The first kappa shape index (κ1) is 22.3. The zero-order valence-electron chi connectivity index (χ0n) is 18.7. The van der Waals surface area contributed by atoms with E-state index >= 15 is 0 Å². The van der Waals surface area contributed by atoms with Crippen molar-refractivity contribution in [2.24, 2.45) is 0 Å². The van der Waals surface area contributed by atoms with Crippen LogP contribution in [0.3, 0.4) is 0 Å². The van der Waals surface area contributed by atoms with E-state index in [1.807, 2.05) is 50.8 Å². The number of aliphatic hydroxyl groups is 1. The normalized spacial score (nSPS) is 17.9. The number of anilines is 1. The highest BCUT2D eigenvalue weighted by Crippen LogP contribution is 2.28. The maximum Gasteiger partial charge on any atom is 0.243 e. The number of carbonyl (C=O) groups excluding carboxylic acids is 1. The number of benzene rings is 1. The maximum atomic E-state index is 13.0. The van der Waals surface area contributed by atoms with Gasteiger partial charge in [-0.25, -0.2) is 9.97 Å². The first-order chi connectivity index (χ1) is 14.2. The number of hydrogen-bond donors (Lipinski definition) is 2. The third-order valence-electron chi connectivity index (χ3n) is 5.71. The summed E-state index contributed by atoms with van der Waals surface area (Å²) in [6.45, 7) is 8.38. The van der Waals surface area contributed by atoms with Crippen LogP contribution < -0.4 is 15.0 Å². The standard InChI is InChI=1S/C23H34N4O3/c1-15(8-6-12-23(3,4)29)24-21(28)20-9-7-13-27(20)22-25-16(2)18-14-17(30-5)10-11-19(18)26-22/h10-11,14-15,20,29H,6-9,12-13H2,1-5H3,(H,24,28)/t15-,20-/m1/s1. The van der Waals surface area contributed by atoms with Gasteiger partial charge in [-0.2, -0.15) is 0 Å². The van der Waals surface area contributed by atoms with Gasteiger partial charge in [-0.15, -0.1) is 0 Å². The van der Waals surface area contributed by atoms with Crippen molar-refractivity contribution in [3.63, 3.8) is 0 Å². The molecule has 2 atom stereocenters. The van der Waals surface area contributed by atoms with Gasteiger partial charge < -0.3 is 20.1 Å². The van der Waals surface area contributed by atoms with Crippen molar-refractivity contribution in [2.75, 3.05) is 18.6 Å². The van der Waals surface area contributed by atoms with Crippen molar-refractivity contribution >= 4 is 22.8 Å². The van der Waals surface area contributed by atoms with Gasteiger partial charge in [0.05, 0.1) is 23.9 Å². The summed E-state index contributed by atoms with van der Waals surface area (Å²) in [5.74, 6) is 1.41. The molecule has 0 spiro atoms. The van der Waals surface area contributed by atoms with E-state index in [2.05, 4.69) is 5.32 Å². The predicted octanol–water partition coefficient (Wildman–Crippen LogP) is 3.36. The number of aryl methyl sites for hydroxylation is 1. The SMILES string of the molecule is COc1ccc2nc(N3CCC[C@@H]3C(=O)N[C@H](C)CCCC(C)(C)O)nc(C)c2c1. The molecular weight excluding hydrogens is 380 g/mol. The molecule has 1 aliphatic heterocycles. The summed E-state index contributed by atoms with van der Waals surface area (Å²) in [6.07, 6.45) is 4.17. The number of fused-ring (bicyclic) bond motifs is 1. The molecule has 1 saturated heterocycles. The zero-order valence-corrected chi connectivity index (χ0v) is 18.7. The summed E-state index contributed by atoms with van der Waals surface area (Å²) >= 11 is 0.